The average Bonchev–Trinajstić information content (AvgIpc) is 2.93. The first-order valence-corrected chi connectivity index (χ1v) is 9.60. The van der Waals surface area contributed by atoms with Crippen molar-refractivity contribution >= 4 is 11.6 Å². The summed E-state index contributed by atoms with van der Waals surface area (Å²) in [6, 6.07) is 4.23. The van der Waals surface area contributed by atoms with Gasteiger partial charge >= 0.3 is 0 Å². The number of imidazole rings is 1. The summed E-state index contributed by atoms with van der Waals surface area (Å²) in [5, 5.41) is 0. The number of hydrogen-bond donors (Lipinski definition) is 0. The highest BCUT2D eigenvalue weighted by atomic mass is 16.5. The molecule has 0 atom stereocenters. The number of piperazine rings is 1. The Morgan fingerprint density at radius 3 is 2.73 bits per heavy atom. The first-order valence-electron chi connectivity index (χ1n) is 9.60. The van der Waals surface area contributed by atoms with Crippen LogP contribution < -0.4 is 0 Å². The van der Waals surface area contributed by atoms with Gasteiger partial charge in [-0.15, -0.1) is 0 Å². The van der Waals surface area contributed by atoms with Crippen molar-refractivity contribution in [2.24, 2.45) is 0 Å². The number of unbranched alkanes of at least 4 members (excludes halogenated alkanes) is 1. The van der Waals surface area contributed by atoms with Crippen molar-refractivity contribution in [3.8, 4) is 0 Å². The van der Waals surface area contributed by atoms with E-state index in [0.717, 1.165) is 56.9 Å². The summed E-state index contributed by atoms with van der Waals surface area (Å²) in [5.74, 6) is 0.113. The van der Waals surface area contributed by atoms with E-state index >= 15 is 0 Å². The van der Waals surface area contributed by atoms with E-state index in [1.165, 1.54) is 11.3 Å². The number of aryl methyl sites for hydroxylation is 2. The van der Waals surface area contributed by atoms with Gasteiger partial charge < -0.3 is 14.0 Å². The highest BCUT2D eigenvalue weighted by molar-refractivity contribution is 5.77. The lowest BCUT2D eigenvalue weighted by atomic mass is 10.2. The van der Waals surface area contributed by atoms with Crippen LogP contribution in [0.25, 0.3) is 5.65 Å². The molecule has 0 bridgehead atoms. The Labute approximate surface area is 155 Å². The Hall–Kier alpha value is -1.92. The zero-order valence-electron chi connectivity index (χ0n) is 16.2. The summed E-state index contributed by atoms with van der Waals surface area (Å²) in [6.45, 7) is 11.4. The molecule has 0 aromatic carbocycles. The Morgan fingerprint density at radius 1 is 1.23 bits per heavy atom. The van der Waals surface area contributed by atoms with Crippen molar-refractivity contribution in [1.29, 1.82) is 0 Å². The van der Waals surface area contributed by atoms with Crippen LogP contribution in [0.3, 0.4) is 0 Å². The molecule has 1 aliphatic heterocycles. The average molecular weight is 358 g/mol. The first kappa shape index (κ1) is 18.9. The third kappa shape index (κ3) is 4.43. The molecule has 0 radical (unpaired) electrons. The normalized spacial score (nSPS) is 15.7. The Balaban J connectivity index is 1.53. The summed E-state index contributed by atoms with van der Waals surface area (Å²) >= 11 is 0. The highest BCUT2D eigenvalue weighted by Gasteiger charge is 2.22. The number of carbonyl (C=O) groups is 1. The molecular formula is C20H30N4O2. The van der Waals surface area contributed by atoms with Crippen LogP contribution in [0.2, 0.25) is 0 Å². The maximum absolute atomic E-state index is 12.2. The summed E-state index contributed by atoms with van der Waals surface area (Å²) in [7, 11) is 0. The first-order chi connectivity index (χ1) is 12.6. The molecule has 1 amide bonds. The number of carbonyl (C=O) groups excluding carboxylic acids is 1. The Morgan fingerprint density at radius 2 is 2.00 bits per heavy atom. The number of nitrogens with zero attached hydrogens (tertiary/aromatic N) is 4. The van der Waals surface area contributed by atoms with Crippen LogP contribution in [0.5, 0.6) is 0 Å². The second kappa shape index (κ2) is 8.64. The zero-order chi connectivity index (χ0) is 18.5. The predicted octanol–water partition coefficient (Wildman–Crippen LogP) is 2.41. The third-order valence-corrected chi connectivity index (χ3v) is 5.05. The van der Waals surface area contributed by atoms with Gasteiger partial charge in [0.25, 0.3) is 0 Å². The number of amides is 1. The van der Waals surface area contributed by atoms with Gasteiger partial charge in [-0.1, -0.05) is 13.3 Å². The van der Waals surface area contributed by atoms with Crippen LogP contribution in [0, 0.1) is 13.8 Å². The second-order valence-electron chi connectivity index (χ2n) is 7.14. The maximum Gasteiger partial charge on any atom is 0.248 e. The molecule has 3 heterocycles. The lowest BCUT2D eigenvalue weighted by Gasteiger charge is -2.34. The van der Waals surface area contributed by atoms with Crippen molar-refractivity contribution in [2.45, 2.75) is 40.2 Å². The number of aromatic nitrogens is 2. The van der Waals surface area contributed by atoms with Crippen LogP contribution in [0.15, 0.2) is 18.3 Å². The van der Waals surface area contributed by atoms with Crippen molar-refractivity contribution in [2.75, 3.05) is 39.4 Å². The van der Waals surface area contributed by atoms with Crippen molar-refractivity contribution in [1.82, 2.24) is 19.2 Å². The van der Waals surface area contributed by atoms with E-state index in [0.29, 0.717) is 6.61 Å². The van der Waals surface area contributed by atoms with Gasteiger partial charge in [-0.25, -0.2) is 4.98 Å². The number of hydrogen-bond acceptors (Lipinski definition) is 4. The van der Waals surface area contributed by atoms with Crippen molar-refractivity contribution < 1.29 is 9.53 Å². The number of ether oxygens (including phenoxy) is 1. The molecule has 142 valence electrons. The van der Waals surface area contributed by atoms with E-state index in [1.54, 1.807) is 0 Å². The minimum Gasteiger partial charge on any atom is -0.372 e. The van der Waals surface area contributed by atoms with Gasteiger partial charge in [-0.05, 0) is 38.0 Å². The lowest BCUT2D eigenvalue weighted by Crippen LogP contribution is -2.49. The quantitative estimate of drug-likeness (QED) is 0.713. The summed E-state index contributed by atoms with van der Waals surface area (Å²) < 4.78 is 7.64. The molecule has 1 fully saturated rings. The van der Waals surface area contributed by atoms with E-state index < -0.39 is 0 Å². The van der Waals surface area contributed by atoms with Crippen LogP contribution in [0.1, 0.15) is 36.7 Å². The molecular weight excluding hydrogens is 328 g/mol. The summed E-state index contributed by atoms with van der Waals surface area (Å²) in [4.78, 5) is 21.2. The molecule has 0 N–H and O–H groups in total. The van der Waals surface area contributed by atoms with Gasteiger partial charge in [0.1, 0.15) is 12.3 Å². The molecule has 3 rings (SSSR count). The van der Waals surface area contributed by atoms with Gasteiger partial charge in [-0.2, -0.15) is 0 Å². The topological polar surface area (TPSA) is 50.1 Å². The third-order valence-electron chi connectivity index (χ3n) is 5.05. The minimum atomic E-state index is 0.113. The van der Waals surface area contributed by atoms with Crippen LogP contribution in [-0.2, 0) is 16.1 Å². The fourth-order valence-electron chi connectivity index (χ4n) is 3.37. The molecule has 0 spiro atoms. The van der Waals surface area contributed by atoms with Gasteiger partial charge in [-0.3, -0.25) is 9.69 Å². The van der Waals surface area contributed by atoms with Gasteiger partial charge in [0.15, 0.2) is 0 Å². The van der Waals surface area contributed by atoms with Gasteiger partial charge in [0.05, 0.1) is 11.4 Å². The SMILES string of the molecule is CCCCOCC(=O)N1CCN(Cc2c(C)nc3cc(C)ccn23)CC1. The molecule has 2 aromatic rings. The van der Waals surface area contributed by atoms with E-state index in [2.05, 4.69) is 53.4 Å². The van der Waals surface area contributed by atoms with Crippen molar-refractivity contribution in [3.05, 3.63) is 35.3 Å². The Kier molecular flexibility index (Phi) is 6.27. The summed E-state index contributed by atoms with van der Waals surface area (Å²) in [6.07, 6.45) is 4.21. The standard InChI is InChI=1S/C20H30N4O2/c1-4-5-12-26-15-20(25)23-10-8-22(9-11-23)14-18-17(3)21-19-13-16(2)6-7-24(18)19/h6-7,13H,4-5,8-12,14-15H2,1-3H3. The lowest BCUT2D eigenvalue weighted by molar-refractivity contribution is -0.138. The number of pyridine rings is 1. The van der Waals surface area contributed by atoms with Crippen LogP contribution in [-0.4, -0.2) is 64.5 Å². The number of rotatable bonds is 7. The highest BCUT2D eigenvalue weighted by Crippen LogP contribution is 2.16. The molecule has 2 aromatic heterocycles. The molecule has 1 aliphatic rings. The smallest absolute Gasteiger partial charge is 0.248 e. The second-order valence-corrected chi connectivity index (χ2v) is 7.14. The largest absolute Gasteiger partial charge is 0.372 e. The fraction of sp³-hybridized carbons (Fsp3) is 0.600. The maximum atomic E-state index is 12.2. The van der Waals surface area contributed by atoms with E-state index in [-0.39, 0.29) is 12.5 Å². The molecule has 0 unspecified atom stereocenters. The van der Waals surface area contributed by atoms with Gasteiger partial charge in [0, 0.05) is 45.5 Å². The van der Waals surface area contributed by atoms with E-state index in [1.807, 2.05) is 4.90 Å². The van der Waals surface area contributed by atoms with Crippen LogP contribution in [0.4, 0.5) is 0 Å². The predicted molar refractivity (Wildman–Crippen MR) is 102 cm³/mol. The molecule has 0 saturated carbocycles. The zero-order valence-corrected chi connectivity index (χ0v) is 16.2. The minimum absolute atomic E-state index is 0.113. The van der Waals surface area contributed by atoms with Crippen LogP contribution >= 0.6 is 0 Å². The monoisotopic (exact) mass is 358 g/mol. The summed E-state index contributed by atoms with van der Waals surface area (Å²) in [5.41, 5.74) is 4.55. The fourth-order valence-corrected chi connectivity index (χ4v) is 3.37. The molecule has 6 nitrogen and oxygen atoms in total. The van der Waals surface area contributed by atoms with E-state index in [9.17, 15) is 4.79 Å². The number of fused-ring (bicyclic) bond motifs is 1. The van der Waals surface area contributed by atoms with Gasteiger partial charge in [0.2, 0.25) is 5.91 Å². The van der Waals surface area contributed by atoms with Crippen molar-refractivity contribution in [3.63, 3.8) is 0 Å². The molecule has 26 heavy (non-hydrogen) atoms. The molecule has 0 aliphatic carbocycles. The molecule has 6 heteroatoms. The van der Waals surface area contributed by atoms with E-state index in [4.69, 9.17) is 4.74 Å². The Bertz CT molecular complexity index is 748. The molecule has 1 saturated heterocycles.